The van der Waals surface area contributed by atoms with Crippen LogP contribution in [-0.4, -0.2) is 15.9 Å². The summed E-state index contributed by atoms with van der Waals surface area (Å²) in [6, 6.07) is 19.6. The normalized spacial score (nSPS) is 14.8. The molecule has 2 aromatic carbocycles. The lowest BCUT2D eigenvalue weighted by molar-refractivity contribution is 0.0951. The Morgan fingerprint density at radius 1 is 1.12 bits per heavy atom. The van der Waals surface area contributed by atoms with Crippen LogP contribution < -0.4 is 14.8 Å². The number of ether oxygens (including phenoxy) is 2. The molecule has 4 aromatic rings. The van der Waals surface area contributed by atoms with E-state index in [-0.39, 0.29) is 12.0 Å². The summed E-state index contributed by atoms with van der Waals surface area (Å²) >= 11 is 1.41. The molecule has 0 fully saturated rings. The summed E-state index contributed by atoms with van der Waals surface area (Å²) in [6.45, 7) is 0.383. The summed E-state index contributed by atoms with van der Waals surface area (Å²) in [6.07, 6.45) is 6.83. The molecule has 1 aliphatic rings. The third-order valence-corrected chi connectivity index (χ3v) is 6.11. The van der Waals surface area contributed by atoms with Gasteiger partial charge in [0.1, 0.15) is 17.6 Å². The van der Waals surface area contributed by atoms with Crippen LogP contribution in [0.2, 0.25) is 0 Å². The van der Waals surface area contributed by atoms with Crippen molar-refractivity contribution in [3.05, 3.63) is 101 Å². The van der Waals surface area contributed by atoms with Crippen molar-refractivity contribution in [2.45, 2.75) is 25.5 Å². The van der Waals surface area contributed by atoms with Crippen molar-refractivity contribution >= 4 is 17.2 Å². The Hall–Kier alpha value is -3.71. The molecular formula is C25H21N3O3S. The molecule has 32 heavy (non-hydrogen) atoms. The number of pyridine rings is 1. The van der Waals surface area contributed by atoms with Crippen LogP contribution in [0.1, 0.15) is 38.9 Å². The van der Waals surface area contributed by atoms with Crippen LogP contribution in [0.3, 0.4) is 0 Å². The van der Waals surface area contributed by atoms with Crippen LogP contribution in [0, 0.1) is 0 Å². The monoisotopic (exact) mass is 443 g/mol. The number of aromatic nitrogens is 2. The van der Waals surface area contributed by atoms with Gasteiger partial charge in [0, 0.05) is 23.5 Å². The molecule has 0 bridgehead atoms. The van der Waals surface area contributed by atoms with Gasteiger partial charge in [-0.2, -0.15) is 0 Å². The van der Waals surface area contributed by atoms with E-state index in [9.17, 15) is 4.79 Å². The van der Waals surface area contributed by atoms with Gasteiger partial charge >= 0.3 is 0 Å². The van der Waals surface area contributed by atoms with Crippen LogP contribution in [0.15, 0.2) is 79.3 Å². The fourth-order valence-electron chi connectivity index (χ4n) is 3.62. The number of thiazole rings is 1. The average molecular weight is 444 g/mol. The van der Waals surface area contributed by atoms with E-state index >= 15 is 0 Å². The lowest BCUT2D eigenvalue weighted by Crippen LogP contribution is -2.22. The highest BCUT2D eigenvalue weighted by atomic mass is 32.1. The number of carbonyl (C=O) groups is 1. The lowest BCUT2D eigenvalue weighted by atomic mass is 9.97. The van der Waals surface area contributed by atoms with E-state index in [1.54, 1.807) is 30.7 Å². The van der Waals surface area contributed by atoms with Gasteiger partial charge in [0.2, 0.25) is 0 Å². The molecule has 1 atom stereocenters. The number of aryl methyl sites for hydroxylation is 1. The van der Waals surface area contributed by atoms with E-state index in [0.29, 0.717) is 17.3 Å². The van der Waals surface area contributed by atoms with E-state index in [0.717, 1.165) is 34.8 Å². The first-order chi connectivity index (χ1) is 15.7. The van der Waals surface area contributed by atoms with Gasteiger partial charge in [-0.3, -0.25) is 9.78 Å². The van der Waals surface area contributed by atoms with Gasteiger partial charge in [-0.15, -0.1) is 0 Å². The van der Waals surface area contributed by atoms with Gasteiger partial charge < -0.3 is 14.8 Å². The zero-order valence-electron chi connectivity index (χ0n) is 17.2. The summed E-state index contributed by atoms with van der Waals surface area (Å²) in [5.41, 5.74) is 2.86. The largest absolute Gasteiger partial charge is 0.485 e. The Morgan fingerprint density at radius 2 is 2.03 bits per heavy atom. The number of rotatable bonds is 6. The molecule has 0 radical (unpaired) electrons. The molecule has 1 unspecified atom stereocenters. The first kappa shape index (κ1) is 20.2. The predicted molar refractivity (Wildman–Crippen MR) is 122 cm³/mol. The highest BCUT2D eigenvalue weighted by Crippen LogP contribution is 2.38. The number of carbonyl (C=O) groups excluding carboxylic acids is 1. The first-order valence-corrected chi connectivity index (χ1v) is 11.2. The second-order valence-corrected chi connectivity index (χ2v) is 8.52. The topological polar surface area (TPSA) is 73.3 Å². The van der Waals surface area contributed by atoms with E-state index in [1.165, 1.54) is 16.9 Å². The summed E-state index contributed by atoms with van der Waals surface area (Å²) in [5.74, 6) is 1.46. The predicted octanol–water partition coefficient (Wildman–Crippen LogP) is 5.33. The van der Waals surface area contributed by atoms with Crippen LogP contribution in [0.25, 0.3) is 0 Å². The highest BCUT2D eigenvalue weighted by molar-refractivity contribution is 7.13. The number of hydrogen-bond acceptors (Lipinski definition) is 6. The van der Waals surface area contributed by atoms with Crippen molar-refractivity contribution < 1.29 is 14.3 Å². The maximum Gasteiger partial charge on any atom is 0.278 e. The number of amides is 1. The van der Waals surface area contributed by atoms with Crippen molar-refractivity contribution in [2.24, 2.45) is 0 Å². The third-order valence-electron chi connectivity index (χ3n) is 5.23. The third kappa shape index (κ3) is 4.63. The summed E-state index contributed by atoms with van der Waals surface area (Å²) < 4.78 is 12.2. The number of hydrogen-bond donors (Lipinski definition) is 1. The molecule has 160 valence electrons. The van der Waals surface area contributed by atoms with Crippen molar-refractivity contribution in [2.75, 3.05) is 0 Å². The molecule has 3 heterocycles. The first-order valence-electron chi connectivity index (χ1n) is 10.4. The number of nitrogens with zero attached hydrogens (tertiary/aromatic N) is 2. The minimum atomic E-state index is -0.169. The van der Waals surface area contributed by atoms with Crippen molar-refractivity contribution in [1.82, 2.24) is 15.3 Å². The molecule has 0 saturated carbocycles. The Bertz CT molecular complexity index is 1210. The van der Waals surface area contributed by atoms with E-state index in [1.807, 2.05) is 36.4 Å². The minimum absolute atomic E-state index is 0.0823. The fourth-order valence-corrected chi connectivity index (χ4v) is 4.33. The minimum Gasteiger partial charge on any atom is -0.485 e. The van der Waals surface area contributed by atoms with E-state index in [2.05, 4.69) is 27.4 Å². The second kappa shape index (κ2) is 9.20. The summed E-state index contributed by atoms with van der Waals surface area (Å²) in [7, 11) is 0. The maximum atomic E-state index is 12.2. The summed E-state index contributed by atoms with van der Waals surface area (Å²) in [4.78, 5) is 21.4. The van der Waals surface area contributed by atoms with Crippen molar-refractivity contribution in [3.8, 4) is 16.7 Å². The Labute approximate surface area is 189 Å². The van der Waals surface area contributed by atoms with Crippen molar-refractivity contribution in [3.63, 3.8) is 0 Å². The lowest BCUT2D eigenvalue weighted by Gasteiger charge is -2.26. The Balaban J connectivity index is 1.20. The van der Waals surface area contributed by atoms with Crippen LogP contribution >= 0.6 is 11.3 Å². The molecule has 1 N–H and O–H groups in total. The maximum absolute atomic E-state index is 12.2. The van der Waals surface area contributed by atoms with Crippen LogP contribution in [-0.2, 0) is 13.0 Å². The molecule has 5 rings (SSSR count). The second-order valence-electron chi connectivity index (χ2n) is 7.44. The van der Waals surface area contributed by atoms with Crippen LogP contribution in [0.5, 0.6) is 16.7 Å². The Kier molecular flexibility index (Phi) is 5.81. The zero-order valence-corrected chi connectivity index (χ0v) is 18.0. The standard InChI is InChI=1S/C25H21N3O3S/c29-24(19-7-4-12-26-14-19)27-15-21-16-28-25(32-21)30-20-9-11-23-18(13-20)8-10-22(31-23)17-5-2-1-3-6-17/h1-7,9,11-14,16,22H,8,10,15H2,(H,27,29). The molecule has 0 aliphatic carbocycles. The number of fused-ring (bicyclic) bond motifs is 1. The fraction of sp³-hybridized carbons (Fsp3) is 0.160. The average Bonchev–Trinajstić information content (AvgIpc) is 3.30. The molecular weight excluding hydrogens is 422 g/mol. The van der Waals surface area contributed by atoms with Gasteiger partial charge in [0.25, 0.3) is 11.1 Å². The SMILES string of the molecule is O=C(NCc1cnc(Oc2ccc3c(c2)CCC(c2ccccc2)O3)s1)c1cccnc1. The Morgan fingerprint density at radius 3 is 2.88 bits per heavy atom. The molecule has 7 heteroatoms. The van der Waals surface area contributed by atoms with Crippen LogP contribution in [0.4, 0.5) is 0 Å². The van der Waals surface area contributed by atoms with Crippen molar-refractivity contribution in [1.29, 1.82) is 0 Å². The van der Waals surface area contributed by atoms with Gasteiger partial charge in [0.05, 0.1) is 12.1 Å². The smallest absolute Gasteiger partial charge is 0.278 e. The molecule has 1 aliphatic heterocycles. The summed E-state index contributed by atoms with van der Waals surface area (Å²) in [5, 5.41) is 3.41. The van der Waals surface area contributed by atoms with Gasteiger partial charge in [-0.25, -0.2) is 4.98 Å². The van der Waals surface area contributed by atoms with Gasteiger partial charge in [-0.05, 0) is 54.3 Å². The van der Waals surface area contributed by atoms with E-state index < -0.39 is 0 Å². The number of benzene rings is 2. The van der Waals surface area contributed by atoms with Gasteiger partial charge in [0.15, 0.2) is 0 Å². The quantitative estimate of drug-likeness (QED) is 0.436. The molecule has 0 saturated heterocycles. The molecule has 2 aromatic heterocycles. The zero-order chi connectivity index (χ0) is 21.8. The molecule has 6 nitrogen and oxygen atoms in total. The highest BCUT2D eigenvalue weighted by Gasteiger charge is 2.21. The molecule has 0 spiro atoms. The molecule has 1 amide bonds. The van der Waals surface area contributed by atoms with Gasteiger partial charge in [-0.1, -0.05) is 41.7 Å². The van der Waals surface area contributed by atoms with E-state index in [4.69, 9.17) is 9.47 Å². The number of nitrogens with one attached hydrogen (secondary N) is 1.